The van der Waals surface area contributed by atoms with Gasteiger partial charge in [0.2, 0.25) is 0 Å². The third-order valence-corrected chi connectivity index (χ3v) is 3.43. The van der Waals surface area contributed by atoms with Gasteiger partial charge in [-0.2, -0.15) is 0 Å². The largest absolute Gasteiger partial charge is 0.206 e. The average Bonchev–Trinajstić information content (AvgIpc) is 2.48. The molecule has 0 saturated heterocycles. The first-order valence-corrected chi connectivity index (χ1v) is 6.66. The van der Waals surface area contributed by atoms with Crippen molar-refractivity contribution in [2.45, 2.75) is 6.92 Å². The zero-order chi connectivity index (χ0) is 13.9. The molecule has 0 unspecified atom stereocenters. The summed E-state index contributed by atoms with van der Waals surface area (Å²) in [6.45, 7) is 1.89. The lowest BCUT2D eigenvalue weighted by atomic mass is 9.99. The van der Waals surface area contributed by atoms with E-state index in [4.69, 9.17) is 0 Å². The summed E-state index contributed by atoms with van der Waals surface area (Å²) < 4.78 is 14.0. The Bertz CT molecular complexity index is 713. The van der Waals surface area contributed by atoms with Crippen molar-refractivity contribution in [1.82, 2.24) is 0 Å². The number of aryl methyl sites for hydroxylation is 1. The SMILES string of the molecule is Cc1ccc(-c2ccc(-c3ccccc3)cc2)c(F)c1. The summed E-state index contributed by atoms with van der Waals surface area (Å²) in [7, 11) is 0. The Kier molecular flexibility index (Phi) is 3.34. The molecule has 3 aromatic carbocycles. The standard InChI is InChI=1S/C19H15F/c1-14-7-12-18(19(20)13-14)17-10-8-16(9-11-17)15-5-3-2-4-6-15/h2-13H,1H3. The van der Waals surface area contributed by atoms with Gasteiger partial charge in [0.25, 0.3) is 0 Å². The van der Waals surface area contributed by atoms with Crippen LogP contribution in [0.4, 0.5) is 4.39 Å². The molecule has 0 atom stereocenters. The molecule has 3 aromatic rings. The summed E-state index contributed by atoms with van der Waals surface area (Å²) in [6.07, 6.45) is 0. The van der Waals surface area contributed by atoms with E-state index in [1.54, 1.807) is 6.07 Å². The third kappa shape index (κ3) is 2.48. The van der Waals surface area contributed by atoms with E-state index in [-0.39, 0.29) is 5.82 Å². The van der Waals surface area contributed by atoms with E-state index in [1.165, 1.54) is 5.56 Å². The Hall–Kier alpha value is -2.41. The molecule has 1 heteroatoms. The average molecular weight is 262 g/mol. The van der Waals surface area contributed by atoms with Crippen LogP contribution in [-0.4, -0.2) is 0 Å². The number of halogens is 1. The van der Waals surface area contributed by atoms with Gasteiger partial charge in [-0.3, -0.25) is 0 Å². The van der Waals surface area contributed by atoms with Crippen LogP contribution in [0.25, 0.3) is 22.3 Å². The van der Waals surface area contributed by atoms with Crippen LogP contribution in [0.2, 0.25) is 0 Å². The quantitative estimate of drug-likeness (QED) is 0.574. The Morgan fingerprint density at radius 2 is 1.25 bits per heavy atom. The fourth-order valence-electron chi connectivity index (χ4n) is 2.33. The molecule has 3 rings (SSSR count). The summed E-state index contributed by atoms with van der Waals surface area (Å²) >= 11 is 0. The predicted molar refractivity (Wildman–Crippen MR) is 82.0 cm³/mol. The van der Waals surface area contributed by atoms with Gasteiger partial charge in [-0.25, -0.2) is 4.39 Å². The molecule has 20 heavy (non-hydrogen) atoms. The minimum absolute atomic E-state index is 0.169. The molecule has 0 radical (unpaired) electrons. The van der Waals surface area contributed by atoms with Crippen molar-refractivity contribution >= 4 is 0 Å². The molecule has 0 aliphatic rings. The Morgan fingerprint density at radius 3 is 1.90 bits per heavy atom. The highest BCUT2D eigenvalue weighted by Crippen LogP contribution is 2.26. The molecule has 0 aliphatic carbocycles. The lowest BCUT2D eigenvalue weighted by Crippen LogP contribution is -1.86. The Morgan fingerprint density at radius 1 is 0.650 bits per heavy atom. The molecular weight excluding hydrogens is 247 g/mol. The lowest BCUT2D eigenvalue weighted by Gasteiger charge is -2.06. The second kappa shape index (κ2) is 5.30. The maximum Gasteiger partial charge on any atom is 0.131 e. The van der Waals surface area contributed by atoms with E-state index in [9.17, 15) is 4.39 Å². The van der Waals surface area contributed by atoms with Gasteiger partial charge in [0.1, 0.15) is 5.82 Å². The molecule has 0 nitrogen and oxygen atoms in total. The monoisotopic (exact) mass is 262 g/mol. The van der Waals surface area contributed by atoms with E-state index in [0.29, 0.717) is 5.56 Å². The van der Waals surface area contributed by atoms with Crippen LogP contribution in [0.1, 0.15) is 5.56 Å². The molecule has 0 aromatic heterocycles. The van der Waals surface area contributed by atoms with Crippen LogP contribution in [-0.2, 0) is 0 Å². The number of hydrogen-bond donors (Lipinski definition) is 0. The lowest BCUT2D eigenvalue weighted by molar-refractivity contribution is 0.630. The zero-order valence-electron chi connectivity index (χ0n) is 11.3. The Balaban J connectivity index is 1.97. The minimum Gasteiger partial charge on any atom is -0.206 e. The molecule has 0 saturated carbocycles. The second-order valence-electron chi connectivity index (χ2n) is 4.93. The minimum atomic E-state index is -0.169. The predicted octanol–water partition coefficient (Wildman–Crippen LogP) is 5.47. The van der Waals surface area contributed by atoms with Crippen molar-refractivity contribution < 1.29 is 4.39 Å². The van der Waals surface area contributed by atoms with Crippen LogP contribution < -0.4 is 0 Å². The second-order valence-corrected chi connectivity index (χ2v) is 4.93. The molecule has 0 bridgehead atoms. The van der Waals surface area contributed by atoms with Crippen LogP contribution in [0.5, 0.6) is 0 Å². The summed E-state index contributed by atoms with van der Waals surface area (Å²) in [5, 5.41) is 0. The molecule has 0 heterocycles. The van der Waals surface area contributed by atoms with Gasteiger partial charge in [0.15, 0.2) is 0 Å². The Labute approximate surface area is 118 Å². The summed E-state index contributed by atoms with van der Waals surface area (Å²) in [5.41, 5.74) is 4.80. The van der Waals surface area contributed by atoms with Crippen LogP contribution in [0, 0.1) is 12.7 Å². The molecule has 0 fully saturated rings. The highest BCUT2D eigenvalue weighted by atomic mass is 19.1. The molecule has 0 spiro atoms. The van der Waals surface area contributed by atoms with Gasteiger partial charge in [0.05, 0.1) is 0 Å². The van der Waals surface area contributed by atoms with Crippen molar-refractivity contribution in [3.63, 3.8) is 0 Å². The molecule has 0 amide bonds. The molecule has 0 N–H and O–H groups in total. The normalized spacial score (nSPS) is 10.5. The van der Waals surface area contributed by atoms with Gasteiger partial charge in [-0.05, 0) is 35.2 Å². The maximum atomic E-state index is 14.0. The first-order chi connectivity index (χ1) is 9.74. The first kappa shape index (κ1) is 12.6. The van der Waals surface area contributed by atoms with Crippen LogP contribution in [0.3, 0.4) is 0 Å². The van der Waals surface area contributed by atoms with Gasteiger partial charge in [0, 0.05) is 5.56 Å². The van der Waals surface area contributed by atoms with E-state index < -0.39 is 0 Å². The molecule has 0 aliphatic heterocycles. The van der Waals surface area contributed by atoms with E-state index in [1.807, 2.05) is 61.5 Å². The zero-order valence-corrected chi connectivity index (χ0v) is 11.3. The summed E-state index contributed by atoms with van der Waals surface area (Å²) in [6, 6.07) is 23.5. The molecular formula is C19H15F. The highest BCUT2D eigenvalue weighted by molar-refractivity contribution is 5.70. The van der Waals surface area contributed by atoms with E-state index >= 15 is 0 Å². The maximum absolute atomic E-state index is 14.0. The fourth-order valence-corrected chi connectivity index (χ4v) is 2.33. The summed E-state index contributed by atoms with van der Waals surface area (Å²) in [4.78, 5) is 0. The van der Waals surface area contributed by atoms with Crippen molar-refractivity contribution in [3.05, 3.63) is 84.2 Å². The van der Waals surface area contributed by atoms with Crippen LogP contribution >= 0.6 is 0 Å². The smallest absolute Gasteiger partial charge is 0.131 e. The molecule has 98 valence electrons. The third-order valence-electron chi connectivity index (χ3n) is 3.43. The highest BCUT2D eigenvalue weighted by Gasteiger charge is 2.05. The number of rotatable bonds is 2. The number of benzene rings is 3. The fraction of sp³-hybridized carbons (Fsp3) is 0.0526. The number of hydrogen-bond acceptors (Lipinski definition) is 0. The topological polar surface area (TPSA) is 0 Å². The van der Waals surface area contributed by atoms with Gasteiger partial charge >= 0.3 is 0 Å². The van der Waals surface area contributed by atoms with Gasteiger partial charge in [-0.1, -0.05) is 66.7 Å². The van der Waals surface area contributed by atoms with Gasteiger partial charge < -0.3 is 0 Å². The van der Waals surface area contributed by atoms with Crippen molar-refractivity contribution in [2.24, 2.45) is 0 Å². The van der Waals surface area contributed by atoms with Gasteiger partial charge in [-0.15, -0.1) is 0 Å². The van der Waals surface area contributed by atoms with E-state index in [2.05, 4.69) is 12.1 Å². The van der Waals surface area contributed by atoms with Crippen molar-refractivity contribution in [2.75, 3.05) is 0 Å². The van der Waals surface area contributed by atoms with E-state index in [0.717, 1.165) is 16.7 Å². The van der Waals surface area contributed by atoms with Crippen LogP contribution in [0.15, 0.2) is 72.8 Å². The van der Waals surface area contributed by atoms with Crippen molar-refractivity contribution in [3.8, 4) is 22.3 Å². The first-order valence-electron chi connectivity index (χ1n) is 6.66. The summed E-state index contributed by atoms with van der Waals surface area (Å²) in [5.74, 6) is -0.169. The van der Waals surface area contributed by atoms with Crippen molar-refractivity contribution in [1.29, 1.82) is 0 Å².